The number of rotatable bonds is 6. The molecule has 1 aliphatic heterocycles. The van der Waals surface area contributed by atoms with Crippen molar-refractivity contribution in [1.82, 2.24) is 9.88 Å². The van der Waals surface area contributed by atoms with Crippen LogP contribution in [-0.2, 0) is 16.0 Å². The second kappa shape index (κ2) is 7.17. The molecule has 114 valence electrons. The molecule has 0 spiro atoms. The summed E-state index contributed by atoms with van der Waals surface area (Å²) in [6.07, 6.45) is 2.45. The highest BCUT2D eigenvalue weighted by Crippen LogP contribution is 2.25. The number of carboxylic acids is 2. The highest BCUT2D eigenvalue weighted by molar-refractivity contribution is 5.69. The van der Waals surface area contributed by atoms with Gasteiger partial charge in [-0.1, -0.05) is 6.07 Å². The first-order valence-corrected chi connectivity index (χ1v) is 7.16. The molecule has 1 aromatic rings. The van der Waals surface area contributed by atoms with Crippen molar-refractivity contribution in [2.24, 2.45) is 0 Å². The lowest BCUT2D eigenvalue weighted by Gasteiger charge is -2.31. The van der Waals surface area contributed by atoms with E-state index in [1.807, 2.05) is 23.1 Å². The zero-order chi connectivity index (χ0) is 15.2. The molecule has 2 N–H and O–H groups in total. The Hall–Kier alpha value is -1.95. The summed E-state index contributed by atoms with van der Waals surface area (Å²) < 4.78 is 0. The first-order valence-electron chi connectivity index (χ1n) is 7.16. The maximum Gasteiger partial charge on any atom is 0.317 e. The van der Waals surface area contributed by atoms with Crippen LogP contribution < -0.4 is 0 Å². The average molecular weight is 292 g/mol. The fourth-order valence-corrected chi connectivity index (χ4v) is 2.73. The first-order chi connectivity index (χ1) is 10.0. The minimum absolute atomic E-state index is 0.0647. The van der Waals surface area contributed by atoms with Crippen LogP contribution in [0.15, 0.2) is 18.2 Å². The predicted molar refractivity (Wildman–Crippen MR) is 76.2 cm³/mol. The van der Waals surface area contributed by atoms with Gasteiger partial charge in [-0.2, -0.15) is 0 Å². The molecule has 0 bridgehead atoms. The maximum atomic E-state index is 10.8. The van der Waals surface area contributed by atoms with Crippen LogP contribution in [-0.4, -0.2) is 51.7 Å². The van der Waals surface area contributed by atoms with Crippen molar-refractivity contribution < 1.29 is 19.8 Å². The number of carbonyl (C=O) groups is 2. The van der Waals surface area contributed by atoms with Gasteiger partial charge in [0.05, 0.1) is 13.0 Å². The van der Waals surface area contributed by atoms with Gasteiger partial charge in [-0.25, -0.2) is 0 Å². The van der Waals surface area contributed by atoms with Gasteiger partial charge in [0.25, 0.3) is 0 Å². The molecule has 6 nitrogen and oxygen atoms in total. The lowest BCUT2D eigenvalue weighted by molar-refractivity contribution is -0.139. The average Bonchev–Trinajstić information content (AvgIpc) is 2.45. The molecule has 0 aliphatic carbocycles. The number of pyridine rings is 1. The van der Waals surface area contributed by atoms with E-state index in [1.165, 1.54) is 0 Å². The van der Waals surface area contributed by atoms with Crippen molar-refractivity contribution in [2.45, 2.75) is 31.6 Å². The number of hydrogen-bond acceptors (Lipinski definition) is 4. The second-order valence-electron chi connectivity index (χ2n) is 5.42. The number of aliphatic carboxylic acids is 2. The monoisotopic (exact) mass is 292 g/mol. The Morgan fingerprint density at radius 3 is 2.81 bits per heavy atom. The molecule has 1 aromatic heterocycles. The Morgan fingerprint density at radius 2 is 2.10 bits per heavy atom. The van der Waals surface area contributed by atoms with Crippen LogP contribution in [0.5, 0.6) is 0 Å². The summed E-state index contributed by atoms with van der Waals surface area (Å²) in [5.74, 6) is -1.41. The Bertz CT molecular complexity index is 518. The minimum Gasteiger partial charge on any atom is -0.481 e. The van der Waals surface area contributed by atoms with E-state index in [2.05, 4.69) is 4.98 Å². The molecule has 1 atom stereocenters. The van der Waals surface area contributed by atoms with Gasteiger partial charge in [-0.15, -0.1) is 0 Å². The van der Waals surface area contributed by atoms with E-state index in [-0.39, 0.29) is 18.9 Å². The Morgan fingerprint density at radius 1 is 1.29 bits per heavy atom. The van der Waals surface area contributed by atoms with E-state index < -0.39 is 11.9 Å². The zero-order valence-corrected chi connectivity index (χ0v) is 11.9. The number of nitrogens with zero attached hydrogens (tertiary/aromatic N) is 2. The molecule has 0 amide bonds. The molecule has 6 heteroatoms. The predicted octanol–water partition coefficient (Wildman–Crippen LogP) is 1.36. The number of aromatic nitrogens is 1. The van der Waals surface area contributed by atoms with Crippen LogP contribution in [0.4, 0.5) is 0 Å². The summed E-state index contributed by atoms with van der Waals surface area (Å²) in [5, 5.41) is 17.6. The topological polar surface area (TPSA) is 90.7 Å². The first kappa shape index (κ1) is 15.4. The molecule has 0 unspecified atom stereocenters. The van der Waals surface area contributed by atoms with E-state index >= 15 is 0 Å². The van der Waals surface area contributed by atoms with Gasteiger partial charge in [0.1, 0.15) is 0 Å². The fraction of sp³-hybridized carbons (Fsp3) is 0.533. The summed E-state index contributed by atoms with van der Waals surface area (Å²) in [6, 6.07) is 5.68. The van der Waals surface area contributed by atoms with Gasteiger partial charge >= 0.3 is 11.9 Å². The Balaban J connectivity index is 2.01. The van der Waals surface area contributed by atoms with Crippen molar-refractivity contribution in [3.8, 4) is 0 Å². The number of piperidine rings is 1. The van der Waals surface area contributed by atoms with Crippen LogP contribution in [0, 0.1) is 0 Å². The molecule has 1 saturated heterocycles. The van der Waals surface area contributed by atoms with E-state index in [1.54, 1.807) is 0 Å². The molecule has 1 fully saturated rings. The normalized spacial score (nSPS) is 19.3. The van der Waals surface area contributed by atoms with Crippen molar-refractivity contribution in [1.29, 1.82) is 0 Å². The molecular formula is C15H20N2O4. The van der Waals surface area contributed by atoms with E-state index in [0.29, 0.717) is 13.0 Å². The largest absolute Gasteiger partial charge is 0.481 e. The summed E-state index contributed by atoms with van der Waals surface area (Å²) in [6.45, 7) is 1.57. The van der Waals surface area contributed by atoms with Crippen molar-refractivity contribution in [2.75, 3.05) is 19.6 Å². The van der Waals surface area contributed by atoms with Gasteiger partial charge < -0.3 is 10.2 Å². The molecule has 21 heavy (non-hydrogen) atoms. The third kappa shape index (κ3) is 4.82. The van der Waals surface area contributed by atoms with Gasteiger partial charge in [0, 0.05) is 30.3 Å². The molecule has 0 saturated carbocycles. The molecule has 2 heterocycles. The van der Waals surface area contributed by atoms with Crippen LogP contribution in [0.1, 0.15) is 36.6 Å². The van der Waals surface area contributed by atoms with Gasteiger partial charge in [-0.05, 0) is 31.5 Å². The standard InChI is InChI=1S/C15H20N2O4/c18-14(19)7-6-12-4-1-5-13(16-12)11-3-2-8-17(9-11)10-15(20)21/h1,4-5,11H,2-3,6-10H2,(H,18,19)(H,20,21)/t11-/m1/s1. The summed E-state index contributed by atoms with van der Waals surface area (Å²) in [5.41, 5.74) is 1.72. The Labute approximate surface area is 123 Å². The summed E-state index contributed by atoms with van der Waals surface area (Å²) in [4.78, 5) is 27.9. The molecule has 0 aromatic carbocycles. The van der Waals surface area contributed by atoms with Crippen LogP contribution in [0.2, 0.25) is 0 Å². The van der Waals surface area contributed by atoms with E-state index in [9.17, 15) is 9.59 Å². The molecule has 1 aliphatic rings. The second-order valence-corrected chi connectivity index (χ2v) is 5.42. The zero-order valence-electron chi connectivity index (χ0n) is 11.9. The SMILES string of the molecule is O=C(O)CCc1cccc([C@@H]2CCCN(CC(=O)O)C2)n1. The Kier molecular flexibility index (Phi) is 5.27. The van der Waals surface area contributed by atoms with Crippen LogP contribution in [0.3, 0.4) is 0 Å². The highest BCUT2D eigenvalue weighted by atomic mass is 16.4. The van der Waals surface area contributed by atoms with E-state index in [0.717, 1.165) is 30.8 Å². The minimum atomic E-state index is -0.826. The fourth-order valence-electron chi connectivity index (χ4n) is 2.73. The number of likely N-dealkylation sites (tertiary alicyclic amines) is 1. The third-order valence-corrected chi connectivity index (χ3v) is 3.71. The van der Waals surface area contributed by atoms with Gasteiger partial charge in [0.15, 0.2) is 0 Å². The van der Waals surface area contributed by atoms with E-state index in [4.69, 9.17) is 10.2 Å². The van der Waals surface area contributed by atoms with Crippen molar-refractivity contribution in [3.63, 3.8) is 0 Å². The number of aryl methyl sites for hydroxylation is 1. The lowest BCUT2D eigenvalue weighted by Crippen LogP contribution is -2.38. The number of carboxylic acid groups (broad SMARTS) is 2. The van der Waals surface area contributed by atoms with Crippen molar-refractivity contribution >= 4 is 11.9 Å². The van der Waals surface area contributed by atoms with Crippen LogP contribution >= 0.6 is 0 Å². The number of hydrogen-bond donors (Lipinski definition) is 2. The smallest absolute Gasteiger partial charge is 0.317 e. The summed E-state index contributed by atoms with van der Waals surface area (Å²) in [7, 11) is 0. The quantitative estimate of drug-likeness (QED) is 0.822. The lowest BCUT2D eigenvalue weighted by atomic mass is 9.94. The molecule has 0 radical (unpaired) electrons. The van der Waals surface area contributed by atoms with Crippen LogP contribution in [0.25, 0.3) is 0 Å². The maximum absolute atomic E-state index is 10.8. The third-order valence-electron chi connectivity index (χ3n) is 3.71. The molecular weight excluding hydrogens is 272 g/mol. The van der Waals surface area contributed by atoms with Gasteiger partial charge in [-0.3, -0.25) is 19.5 Å². The van der Waals surface area contributed by atoms with Gasteiger partial charge in [0.2, 0.25) is 0 Å². The molecule has 2 rings (SSSR count). The van der Waals surface area contributed by atoms with Crippen molar-refractivity contribution in [3.05, 3.63) is 29.6 Å². The highest BCUT2D eigenvalue weighted by Gasteiger charge is 2.23. The summed E-state index contributed by atoms with van der Waals surface area (Å²) >= 11 is 0.